The molecule has 1 saturated carbocycles. The summed E-state index contributed by atoms with van der Waals surface area (Å²) in [4.78, 5) is 0. The van der Waals surface area contributed by atoms with E-state index in [1.165, 1.54) is 12.8 Å². The van der Waals surface area contributed by atoms with E-state index < -0.39 is 9.04 Å². The van der Waals surface area contributed by atoms with Gasteiger partial charge in [0.15, 0.2) is 0 Å². The first kappa shape index (κ1) is 12.4. The van der Waals surface area contributed by atoms with E-state index in [4.69, 9.17) is 4.43 Å². The maximum Gasteiger partial charge on any atom is 0.216 e. The molecular weight excluding hydrogens is 212 g/mol. The van der Waals surface area contributed by atoms with Crippen molar-refractivity contribution in [1.82, 2.24) is 0 Å². The van der Waals surface area contributed by atoms with Crippen LogP contribution in [-0.2, 0) is 4.43 Å². The topological polar surface area (TPSA) is 9.23 Å². The summed E-state index contributed by atoms with van der Waals surface area (Å²) >= 11 is 0. The van der Waals surface area contributed by atoms with Crippen molar-refractivity contribution in [2.45, 2.75) is 51.6 Å². The number of allylic oxidation sites excluding steroid dienone is 2. The molecule has 91 valence electrons. The minimum Gasteiger partial charge on any atom is -0.416 e. The van der Waals surface area contributed by atoms with Crippen molar-refractivity contribution in [3.63, 3.8) is 0 Å². The minimum atomic E-state index is -0.606. The second-order valence-electron chi connectivity index (χ2n) is 6.06. The van der Waals surface area contributed by atoms with Gasteiger partial charge >= 0.3 is 0 Å². The summed E-state index contributed by atoms with van der Waals surface area (Å²) in [6.07, 6.45) is 7.63. The molecule has 3 unspecified atom stereocenters. The van der Waals surface area contributed by atoms with Crippen molar-refractivity contribution >= 4 is 9.04 Å². The highest BCUT2D eigenvalue weighted by Gasteiger charge is 2.36. The maximum absolute atomic E-state index is 6.27. The van der Waals surface area contributed by atoms with Crippen LogP contribution in [0.4, 0.5) is 0 Å². The van der Waals surface area contributed by atoms with Gasteiger partial charge in [0.25, 0.3) is 0 Å². The molecule has 1 nitrogen and oxygen atoms in total. The third-order valence-electron chi connectivity index (χ3n) is 4.02. The number of fused-ring (bicyclic) bond motifs is 2. The van der Waals surface area contributed by atoms with E-state index in [9.17, 15) is 0 Å². The van der Waals surface area contributed by atoms with Gasteiger partial charge in [-0.2, -0.15) is 0 Å². The van der Waals surface area contributed by atoms with E-state index in [0.717, 1.165) is 35.4 Å². The zero-order valence-electron chi connectivity index (χ0n) is 11.1. The Balaban J connectivity index is 1.80. The van der Waals surface area contributed by atoms with Crippen LogP contribution in [0.3, 0.4) is 0 Å². The summed E-state index contributed by atoms with van der Waals surface area (Å²) in [7, 11) is -0.606. The van der Waals surface area contributed by atoms with Gasteiger partial charge in [0.2, 0.25) is 9.04 Å². The van der Waals surface area contributed by atoms with Crippen LogP contribution in [0.25, 0.3) is 0 Å². The van der Waals surface area contributed by atoms with E-state index in [2.05, 4.69) is 39.8 Å². The Morgan fingerprint density at radius 2 is 1.81 bits per heavy atom. The summed E-state index contributed by atoms with van der Waals surface area (Å²) in [5.41, 5.74) is 1.47. The lowest BCUT2D eigenvalue weighted by atomic mass is 9.95. The van der Waals surface area contributed by atoms with Crippen LogP contribution in [0, 0.1) is 17.8 Å². The predicted octanol–water partition coefficient (Wildman–Crippen LogP) is 4.03. The second-order valence-corrected chi connectivity index (χ2v) is 9.47. The summed E-state index contributed by atoms with van der Waals surface area (Å²) < 4.78 is 6.27. The Kier molecular flexibility index (Phi) is 3.91. The van der Waals surface area contributed by atoms with Crippen LogP contribution in [0.15, 0.2) is 12.2 Å². The lowest BCUT2D eigenvalue weighted by Crippen LogP contribution is -2.29. The molecular formula is C14H25OSi. The Morgan fingerprint density at radius 1 is 1.12 bits per heavy atom. The SMILES string of the molecule is CC(C)[Si](OCC1CC2C=CC1C2)C(C)C. The van der Waals surface area contributed by atoms with Gasteiger partial charge in [0.1, 0.15) is 0 Å². The normalized spacial score (nSPS) is 32.6. The molecule has 0 aromatic heterocycles. The average molecular weight is 237 g/mol. The van der Waals surface area contributed by atoms with Crippen molar-refractivity contribution in [2.24, 2.45) is 17.8 Å². The molecule has 0 amide bonds. The van der Waals surface area contributed by atoms with Gasteiger partial charge < -0.3 is 4.43 Å². The van der Waals surface area contributed by atoms with E-state index in [-0.39, 0.29) is 0 Å². The predicted molar refractivity (Wildman–Crippen MR) is 70.7 cm³/mol. The number of hydrogen-bond donors (Lipinski definition) is 0. The van der Waals surface area contributed by atoms with Crippen LogP contribution in [0.2, 0.25) is 11.1 Å². The van der Waals surface area contributed by atoms with Gasteiger partial charge in [0, 0.05) is 6.61 Å². The molecule has 2 aliphatic rings. The van der Waals surface area contributed by atoms with Crippen molar-refractivity contribution < 1.29 is 4.43 Å². The van der Waals surface area contributed by atoms with E-state index in [0.29, 0.717) is 0 Å². The molecule has 0 aromatic carbocycles. The lowest BCUT2D eigenvalue weighted by Gasteiger charge is -2.26. The van der Waals surface area contributed by atoms with Crippen molar-refractivity contribution in [3.05, 3.63) is 12.2 Å². The molecule has 2 bridgehead atoms. The number of hydrogen-bond acceptors (Lipinski definition) is 1. The average Bonchev–Trinajstić information content (AvgIpc) is 2.77. The zero-order valence-corrected chi connectivity index (χ0v) is 12.1. The van der Waals surface area contributed by atoms with Crippen LogP contribution in [0.1, 0.15) is 40.5 Å². The molecule has 0 spiro atoms. The molecule has 3 atom stereocenters. The van der Waals surface area contributed by atoms with Crippen LogP contribution in [-0.4, -0.2) is 15.6 Å². The summed E-state index contributed by atoms with van der Waals surface area (Å²) in [5.74, 6) is 2.55. The van der Waals surface area contributed by atoms with Gasteiger partial charge in [-0.25, -0.2) is 0 Å². The second kappa shape index (κ2) is 5.05. The van der Waals surface area contributed by atoms with Gasteiger partial charge in [-0.15, -0.1) is 0 Å². The fourth-order valence-electron chi connectivity index (χ4n) is 3.29. The highest BCUT2D eigenvalue weighted by molar-refractivity contribution is 6.54. The molecule has 0 saturated heterocycles. The summed E-state index contributed by atoms with van der Waals surface area (Å²) in [6.45, 7) is 10.3. The first-order valence-corrected chi connectivity index (χ1v) is 8.32. The Morgan fingerprint density at radius 3 is 2.25 bits per heavy atom. The third-order valence-corrected chi connectivity index (χ3v) is 6.79. The highest BCUT2D eigenvalue weighted by atomic mass is 28.3. The standard InChI is InChI=1S/C14H25OSi/c1-10(2)16(11(3)4)15-9-14-8-12-5-6-13(14)7-12/h5-6,10-14H,7-9H2,1-4H3. The zero-order chi connectivity index (χ0) is 11.7. The van der Waals surface area contributed by atoms with Crippen LogP contribution < -0.4 is 0 Å². The van der Waals surface area contributed by atoms with Gasteiger partial charge in [-0.3, -0.25) is 0 Å². The van der Waals surface area contributed by atoms with E-state index in [1.807, 2.05) is 0 Å². The Hall–Kier alpha value is -0.0831. The first-order chi connectivity index (χ1) is 7.58. The molecule has 0 aromatic rings. The molecule has 0 aliphatic heterocycles. The smallest absolute Gasteiger partial charge is 0.216 e. The van der Waals surface area contributed by atoms with Crippen molar-refractivity contribution in [2.75, 3.05) is 6.61 Å². The minimum absolute atomic E-state index is 0.606. The molecule has 0 heterocycles. The van der Waals surface area contributed by atoms with Gasteiger partial charge in [-0.1, -0.05) is 39.8 Å². The highest BCUT2D eigenvalue weighted by Crippen LogP contribution is 2.43. The van der Waals surface area contributed by atoms with Crippen molar-refractivity contribution in [1.29, 1.82) is 0 Å². The summed E-state index contributed by atoms with van der Waals surface area (Å²) in [5, 5.41) is 0. The molecule has 1 radical (unpaired) electrons. The Labute approximate surface area is 102 Å². The summed E-state index contributed by atoms with van der Waals surface area (Å²) in [6, 6.07) is 0. The van der Waals surface area contributed by atoms with Crippen LogP contribution in [0.5, 0.6) is 0 Å². The fraction of sp³-hybridized carbons (Fsp3) is 0.857. The quantitative estimate of drug-likeness (QED) is 0.518. The third kappa shape index (κ3) is 2.59. The molecule has 1 fully saturated rings. The first-order valence-electron chi connectivity index (χ1n) is 6.75. The maximum atomic E-state index is 6.27. The van der Waals surface area contributed by atoms with Gasteiger partial charge in [0.05, 0.1) is 0 Å². The molecule has 0 N–H and O–H groups in total. The molecule has 2 rings (SSSR count). The fourth-order valence-corrected chi connectivity index (χ4v) is 5.70. The molecule has 2 aliphatic carbocycles. The molecule has 16 heavy (non-hydrogen) atoms. The van der Waals surface area contributed by atoms with Crippen molar-refractivity contribution in [3.8, 4) is 0 Å². The van der Waals surface area contributed by atoms with Gasteiger partial charge in [-0.05, 0) is 41.7 Å². The number of rotatable bonds is 5. The van der Waals surface area contributed by atoms with Crippen LogP contribution >= 0.6 is 0 Å². The van der Waals surface area contributed by atoms with E-state index >= 15 is 0 Å². The molecule has 2 heteroatoms. The van der Waals surface area contributed by atoms with E-state index in [1.54, 1.807) is 0 Å². The monoisotopic (exact) mass is 237 g/mol. The Bertz CT molecular complexity index is 251. The lowest BCUT2D eigenvalue weighted by molar-refractivity contribution is 0.221. The largest absolute Gasteiger partial charge is 0.416 e.